The van der Waals surface area contributed by atoms with Crippen molar-refractivity contribution >= 4 is 0 Å². The normalized spacial score (nSPS) is 26.6. The molecule has 6 heteroatoms. The summed E-state index contributed by atoms with van der Waals surface area (Å²) < 4.78 is 18.3. The Balaban J connectivity index is 1.91. The zero-order valence-corrected chi connectivity index (χ0v) is 11.3. The molecule has 2 aromatic heterocycles. The Labute approximate surface area is 116 Å². The van der Waals surface area contributed by atoms with E-state index < -0.39 is 5.82 Å². The molecule has 2 atom stereocenters. The predicted octanol–water partition coefficient (Wildman–Crippen LogP) is 2.43. The average molecular weight is 276 g/mol. The summed E-state index contributed by atoms with van der Waals surface area (Å²) in [7, 11) is 0. The standard InChI is InChI=1S/C14H17FN4O/c1-14(7-3-2-4-11(14)16)13-18-12(19-20-13)10-6-5-9(15)8-17-10/h5-6,8,11H,2-4,7,16H2,1H3. The molecule has 0 radical (unpaired) electrons. The molecule has 0 aliphatic heterocycles. The van der Waals surface area contributed by atoms with E-state index in [0.717, 1.165) is 31.9 Å². The zero-order chi connectivity index (χ0) is 14.2. The zero-order valence-electron chi connectivity index (χ0n) is 11.3. The molecular formula is C14H17FN4O. The molecule has 2 N–H and O–H groups in total. The highest BCUT2D eigenvalue weighted by Gasteiger charge is 2.40. The topological polar surface area (TPSA) is 77.8 Å². The molecular weight excluding hydrogens is 259 g/mol. The summed E-state index contributed by atoms with van der Waals surface area (Å²) in [5.41, 5.74) is 6.43. The summed E-state index contributed by atoms with van der Waals surface area (Å²) in [5, 5.41) is 3.94. The van der Waals surface area contributed by atoms with Gasteiger partial charge in [0.1, 0.15) is 11.5 Å². The number of hydrogen-bond donors (Lipinski definition) is 1. The largest absolute Gasteiger partial charge is 0.338 e. The number of rotatable bonds is 2. The van der Waals surface area contributed by atoms with E-state index >= 15 is 0 Å². The van der Waals surface area contributed by atoms with Crippen molar-refractivity contribution in [2.24, 2.45) is 5.73 Å². The van der Waals surface area contributed by atoms with Crippen LogP contribution in [0.1, 0.15) is 38.5 Å². The van der Waals surface area contributed by atoms with Gasteiger partial charge in [-0.05, 0) is 31.9 Å². The van der Waals surface area contributed by atoms with E-state index in [9.17, 15) is 4.39 Å². The molecule has 0 bridgehead atoms. The van der Waals surface area contributed by atoms with E-state index in [4.69, 9.17) is 10.3 Å². The monoisotopic (exact) mass is 276 g/mol. The van der Waals surface area contributed by atoms with Crippen LogP contribution in [0.15, 0.2) is 22.9 Å². The number of hydrogen-bond acceptors (Lipinski definition) is 5. The molecule has 0 spiro atoms. The van der Waals surface area contributed by atoms with E-state index in [1.807, 2.05) is 0 Å². The minimum Gasteiger partial charge on any atom is -0.338 e. The van der Waals surface area contributed by atoms with Crippen LogP contribution in [0.4, 0.5) is 4.39 Å². The summed E-state index contributed by atoms with van der Waals surface area (Å²) in [6.07, 6.45) is 5.28. The molecule has 2 heterocycles. The summed E-state index contributed by atoms with van der Waals surface area (Å²) >= 11 is 0. The highest BCUT2D eigenvalue weighted by Crippen LogP contribution is 2.37. The van der Waals surface area contributed by atoms with Crippen molar-refractivity contribution in [2.75, 3.05) is 0 Å². The second kappa shape index (κ2) is 4.94. The third-order valence-electron chi connectivity index (χ3n) is 4.15. The number of nitrogens with two attached hydrogens (primary N) is 1. The lowest BCUT2D eigenvalue weighted by molar-refractivity contribution is 0.203. The molecule has 106 valence electrons. The van der Waals surface area contributed by atoms with Crippen molar-refractivity contribution in [3.63, 3.8) is 0 Å². The van der Waals surface area contributed by atoms with Gasteiger partial charge >= 0.3 is 0 Å². The van der Waals surface area contributed by atoms with Gasteiger partial charge in [0.15, 0.2) is 0 Å². The first-order valence-corrected chi connectivity index (χ1v) is 6.81. The van der Waals surface area contributed by atoms with Crippen LogP contribution < -0.4 is 5.73 Å². The summed E-state index contributed by atoms with van der Waals surface area (Å²) in [6.45, 7) is 2.06. The fourth-order valence-electron chi connectivity index (χ4n) is 2.69. The Morgan fingerprint density at radius 2 is 2.25 bits per heavy atom. The first-order chi connectivity index (χ1) is 9.59. The molecule has 1 fully saturated rings. The van der Waals surface area contributed by atoms with Crippen molar-refractivity contribution in [3.8, 4) is 11.5 Å². The lowest BCUT2D eigenvalue weighted by Gasteiger charge is -2.35. The Morgan fingerprint density at radius 3 is 2.95 bits per heavy atom. The molecule has 1 aliphatic rings. The van der Waals surface area contributed by atoms with Crippen LogP contribution in [0.2, 0.25) is 0 Å². The van der Waals surface area contributed by atoms with Crippen LogP contribution in [0.5, 0.6) is 0 Å². The van der Waals surface area contributed by atoms with Gasteiger partial charge < -0.3 is 10.3 Å². The number of aromatic nitrogens is 3. The maximum absolute atomic E-state index is 12.9. The lowest BCUT2D eigenvalue weighted by Crippen LogP contribution is -2.45. The number of halogens is 1. The van der Waals surface area contributed by atoms with Crippen LogP contribution in [-0.2, 0) is 5.41 Å². The quantitative estimate of drug-likeness (QED) is 0.911. The molecule has 20 heavy (non-hydrogen) atoms. The average Bonchev–Trinajstić information content (AvgIpc) is 2.93. The fourth-order valence-corrected chi connectivity index (χ4v) is 2.69. The highest BCUT2D eigenvalue weighted by molar-refractivity contribution is 5.47. The maximum atomic E-state index is 12.9. The minimum absolute atomic E-state index is 0.0192. The summed E-state index contributed by atoms with van der Waals surface area (Å²) in [6, 6.07) is 2.88. The van der Waals surface area contributed by atoms with Gasteiger partial charge in [0, 0.05) is 6.04 Å². The second-order valence-electron chi connectivity index (χ2n) is 5.55. The van der Waals surface area contributed by atoms with E-state index in [1.54, 1.807) is 0 Å². The molecule has 3 rings (SSSR count). The lowest BCUT2D eigenvalue weighted by atomic mass is 9.72. The molecule has 0 aromatic carbocycles. The van der Waals surface area contributed by atoms with Gasteiger partial charge in [-0.3, -0.25) is 0 Å². The van der Waals surface area contributed by atoms with Gasteiger partial charge in [-0.1, -0.05) is 18.0 Å². The first kappa shape index (κ1) is 13.2. The van der Waals surface area contributed by atoms with E-state index in [1.165, 1.54) is 12.1 Å². The minimum atomic E-state index is -0.390. The van der Waals surface area contributed by atoms with Gasteiger partial charge in [0.25, 0.3) is 0 Å². The van der Waals surface area contributed by atoms with Crippen molar-refractivity contribution in [3.05, 3.63) is 30.0 Å². The van der Waals surface area contributed by atoms with Crippen LogP contribution >= 0.6 is 0 Å². The van der Waals surface area contributed by atoms with Crippen molar-refractivity contribution in [1.29, 1.82) is 0 Å². The van der Waals surface area contributed by atoms with E-state index in [-0.39, 0.29) is 11.5 Å². The van der Waals surface area contributed by atoms with Crippen molar-refractivity contribution in [2.45, 2.75) is 44.1 Å². The molecule has 1 saturated carbocycles. The van der Waals surface area contributed by atoms with Crippen LogP contribution in [-0.4, -0.2) is 21.2 Å². The second-order valence-corrected chi connectivity index (χ2v) is 5.55. The third-order valence-corrected chi connectivity index (χ3v) is 4.15. The Bertz CT molecular complexity index is 597. The van der Waals surface area contributed by atoms with Gasteiger partial charge in [0.2, 0.25) is 11.7 Å². The van der Waals surface area contributed by atoms with E-state index in [2.05, 4.69) is 22.0 Å². The number of pyridine rings is 1. The van der Waals surface area contributed by atoms with Gasteiger partial charge in [-0.25, -0.2) is 9.37 Å². The third kappa shape index (κ3) is 2.20. The van der Waals surface area contributed by atoms with Crippen LogP contribution in [0.3, 0.4) is 0 Å². The number of nitrogens with zero attached hydrogens (tertiary/aromatic N) is 3. The van der Waals surface area contributed by atoms with E-state index in [0.29, 0.717) is 17.4 Å². The summed E-state index contributed by atoms with van der Waals surface area (Å²) in [5.74, 6) is 0.531. The van der Waals surface area contributed by atoms with Crippen LogP contribution in [0.25, 0.3) is 11.5 Å². The van der Waals surface area contributed by atoms with Gasteiger partial charge in [-0.15, -0.1) is 0 Å². The molecule has 0 amide bonds. The molecule has 0 saturated heterocycles. The Hall–Kier alpha value is -1.82. The maximum Gasteiger partial charge on any atom is 0.234 e. The van der Waals surface area contributed by atoms with Gasteiger partial charge in [-0.2, -0.15) is 4.98 Å². The highest BCUT2D eigenvalue weighted by atomic mass is 19.1. The predicted molar refractivity (Wildman–Crippen MR) is 71.3 cm³/mol. The molecule has 2 unspecified atom stereocenters. The smallest absolute Gasteiger partial charge is 0.234 e. The summed E-state index contributed by atoms with van der Waals surface area (Å²) in [4.78, 5) is 8.37. The van der Waals surface area contributed by atoms with Crippen molar-refractivity contribution < 1.29 is 8.91 Å². The SMILES string of the molecule is CC1(c2nc(-c3ccc(F)cn3)no2)CCCCC1N. The van der Waals surface area contributed by atoms with Crippen molar-refractivity contribution in [1.82, 2.24) is 15.1 Å². The molecule has 1 aliphatic carbocycles. The molecule has 2 aromatic rings. The van der Waals surface area contributed by atoms with Gasteiger partial charge in [0.05, 0.1) is 11.6 Å². The Morgan fingerprint density at radius 1 is 1.40 bits per heavy atom. The Kier molecular flexibility index (Phi) is 3.25. The fraction of sp³-hybridized carbons (Fsp3) is 0.500. The van der Waals surface area contributed by atoms with Crippen LogP contribution in [0, 0.1) is 5.82 Å². The molecule has 5 nitrogen and oxygen atoms in total. The first-order valence-electron chi connectivity index (χ1n) is 6.81.